The summed E-state index contributed by atoms with van der Waals surface area (Å²) < 4.78 is 15.2. The number of amides is 1. The zero-order valence-corrected chi connectivity index (χ0v) is 13.0. The standard InChI is InChI=1S/C12H17ClN2O4.ClH/c1-17-9-5-10(18-2)8(4-7(9)13)15-12(16)11(6-14)19-3;/h4-5,11H,6,14H2,1-3H3,(H,15,16);1H. The predicted molar refractivity (Wildman–Crippen MR) is 80.3 cm³/mol. The van der Waals surface area contributed by atoms with Crippen molar-refractivity contribution >= 4 is 35.6 Å². The zero-order chi connectivity index (χ0) is 14.4. The highest BCUT2D eigenvalue weighted by Gasteiger charge is 2.18. The number of ether oxygens (including phenoxy) is 3. The maximum absolute atomic E-state index is 11.9. The molecule has 0 spiro atoms. The van der Waals surface area contributed by atoms with Crippen LogP contribution in [-0.4, -0.2) is 39.9 Å². The molecule has 1 aromatic rings. The maximum atomic E-state index is 11.9. The van der Waals surface area contributed by atoms with Crippen LogP contribution in [0.2, 0.25) is 5.02 Å². The van der Waals surface area contributed by atoms with Crippen molar-refractivity contribution in [3.05, 3.63) is 17.2 Å². The van der Waals surface area contributed by atoms with Gasteiger partial charge in [0, 0.05) is 19.7 Å². The van der Waals surface area contributed by atoms with E-state index in [-0.39, 0.29) is 24.9 Å². The summed E-state index contributed by atoms with van der Waals surface area (Å²) in [4.78, 5) is 11.9. The maximum Gasteiger partial charge on any atom is 0.254 e. The molecule has 0 aliphatic rings. The molecule has 0 saturated carbocycles. The van der Waals surface area contributed by atoms with E-state index in [0.29, 0.717) is 22.2 Å². The van der Waals surface area contributed by atoms with Crippen molar-refractivity contribution < 1.29 is 19.0 Å². The molecule has 1 amide bonds. The second-order valence-corrected chi connectivity index (χ2v) is 4.04. The van der Waals surface area contributed by atoms with Crippen LogP contribution in [0.3, 0.4) is 0 Å². The second kappa shape index (κ2) is 8.86. The number of nitrogens with one attached hydrogen (secondary N) is 1. The number of methoxy groups -OCH3 is 3. The second-order valence-electron chi connectivity index (χ2n) is 3.64. The fourth-order valence-corrected chi connectivity index (χ4v) is 1.72. The molecule has 1 aromatic carbocycles. The fraction of sp³-hybridized carbons (Fsp3) is 0.417. The van der Waals surface area contributed by atoms with Gasteiger partial charge in [0.1, 0.15) is 17.6 Å². The van der Waals surface area contributed by atoms with Crippen LogP contribution in [0.15, 0.2) is 12.1 Å². The van der Waals surface area contributed by atoms with Crippen LogP contribution >= 0.6 is 24.0 Å². The van der Waals surface area contributed by atoms with Crippen LogP contribution in [0.5, 0.6) is 11.5 Å². The quantitative estimate of drug-likeness (QED) is 0.832. The summed E-state index contributed by atoms with van der Waals surface area (Å²) in [5.74, 6) is 0.518. The highest BCUT2D eigenvalue weighted by Crippen LogP contribution is 2.35. The molecular weight excluding hydrogens is 307 g/mol. The minimum Gasteiger partial charge on any atom is -0.495 e. The van der Waals surface area contributed by atoms with E-state index in [1.54, 1.807) is 12.1 Å². The van der Waals surface area contributed by atoms with Crippen LogP contribution in [-0.2, 0) is 9.53 Å². The number of anilines is 1. The summed E-state index contributed by atoms with van der Waals surface area (Å²) >= 11 is 6.00. The van der Waals surface area contributed by atoms with E-state index in [1.165, 1.54) is 21.3 Å². The van der Waals surface area contributed by atoms with Gasteiger partial charge in [0.15, 0.2) is 0 Å². The van der Waals surface area contributed by atoms with E-state index < -0.39 is 6.10 Å². The van der Waals surface area contributed by atoms with Gasteiger partial charge in [-0.05, 0) is 6.07 Å². The first-order valence-corrected chi connectivity index (χ1v) is 5.90. The van der Waals surface area contributed by atoms with Gasteiger partial charge < -0.3 is 25.3 Å². The third-order valence-corrected chi connectivity index (χ3v) is 2.82. The molecule has 0 heterocycles. The van der Waals surface area contributed by atoms with Crippen LogP contribution in [0.4, 0.5) is 5.69 Å². The molecule has 1 unspecified atom stereocenters. The third-order valence-electron chi connectivity index (χ3n) is 2.52. The molecule has 0 aromatic heterocycles. The third kappa shape index (κ3) is 4.42. The Bertz CT molecular complexity index is 453. The van der Waals surface area contributed by atoms with Gasteiger partial charge in [0.05, 0.1) is 24.9 Å². The van der Waals surface area contributed by atoms with Gasteiger partial charge in [0.25, 0.3) is 5.91 Å². The van der Waals surface area contributed by atoms with Gasteiger partial charge >= 0.3 is 0 Å². The van der Waals surface area contributed by atoms with Gasteiger partial charge in [-0.3, -0.25) is 4.79 Å². The average Bonchev–Trinajstić information content (AvgIpc) is 2.40. The first-order chi connectivity index (χ1) is 9.07. The monoisotopic (exact) mass is 324 g/mol. The normalized spacial score (nSPS) is 11.2. The Hall–Kier alpha value is -1.21. The number of hydrogen-bond donors (Lipinski definition) is 2. The summed E-state index contributed by atoms with van der Waals surface area (Å²) in [6.45, 7) is 0.0779. The number of carbonyl (C=O) groups excluding carboxylic acids is 1. The van der Waals surface area contributed by atoms with Gasteiger partial charge in [-0.25, -0.2) is 0 Å². The molecule has 0 aliphatic heterocycles. The molecule has 0 bridgehead atoms. The summed E-state index contributed by atoms with van der Waals surface area (Å²) in [6, 6.07) is 3.13. The Morgan fingerprint density at radius 3 is 2.35 bits per heavy atom. The summed E-state index contributed by atoms with van der Waals surface area (Å²) in [5.41, 5.74) is 5.85. The topological polar surface area (TPSA) is 82.8 Å². The van der Waals surface area contributed by atoms with E-state index in [1.807, 2.05) is 0 Å². The van der Waals surface area contributed by atoms with Crippen LogP contribution < -0.4 is 20.5 Å². The smallest absolute Gasteiger partial charge is 0.254 e. The molecule has 0 radical (unpaired) electrons. The molecule has 1 atom stereocenters. The van der Waals surface area contributed by atoms with Gasteiger partial charge in [0.2, 0.25) is 0 Å². The lowest BCUT2D eigenvalue weighted by Crippen LogP contribution is -2.36. The van der Waals surface area contributed by atoms with Crippen molar-refractivity contribution in [2.24, 2.45) is 5.73 Å². The highest BCUT2D eigenvalue weighted by atomic mass is 35.5. The van der Waals surface area contributed by atoms with Gasteiger partial charge in [-0.15, -0.1) is 12.4 Å². The van der Waals surface area contributed by atoms with Gasteiger partial charge in [-0.1, -0.05) is 11.6 Å². The number of rotatable bonds is 6. The predicted octanol–water partition coefficient (Wildman–Crippen LogP) is 1.69. The minimum atomic E-state index is -0.731. The largest absolute Gasteiger partial charge is 0.495 e. The van der Waals surface area contributed by atoms with Crippen molar-refractivity contribution in [3.63, 3.8) is 0 Å². The van der Waals surface area contributed by atoms with Crippen molar-refractivity contribution in [1.29, 1.82) is 0 Å². The Morgan fingerprint density at radius 2 is 1.90 bits per heavy atom. The van der Waals surface area contributed by atoms with E-state index in [9.17, 15) is 4.79 Å². The molecule has 3 N–H and O–H groups in total. The Balaban J connectivity index is 0.00000361. The average molecular weight is 325 g/mol. The molecule has 20 heavy (non-hydrogen) atoms. The summed E-state index contributed by atoms with van der Waals surface area (Å²) in [5, 5.41) is 3.01. The molecule has 0 saturated heterocycles. The highest BCUT2D eigenvalue weighted by molar-refractivity contribution is 6.32. The Labute approximate surface area is 128 Å². The molecule has 0 fully saturated rings. The molecule has 6 nitrogen and oxygen atoms in total. The van der Waals surface area contributed by atoms with Crippen molar-refractivity contribution in [1.82, 2.24) is 0 Å². The number of nitrogens with two attached hydrogens (primary N) is 1. The summed E-state index contributed by atoms with van der Waals surface area (Å²) in [7, 11) is 4.39. The van der Waals surface area contributed by atoms with Crippen LogP contribution in [0.25, 0.3) is 0 Å². The summed E-state index contributed by atoms with van der Waals surface area (Å²) in [6.07, 6.45) is -0.731. The first-order valence-electron chi connectivity index (χ1n) is 5.52. The lowest BCUT2D eigenvalue weighted by atomic mass is 10.2. The van der Waals surface area contributed by atoms with E-state index in [2.05, 4.69) is 5.32 Å². The SMILES string of the molecule is COc1cc(OC)c(NC(=O)C(CN)OC)cc1Cl.Cl. The number of hydrogen-bond acceptors (Lipinski definition) is 5. The molecule has 1 rings (SSSR count). The number of carbonyl (C=O) groups is 1. The Morgan fingerprint density at radius 1 is 1.30 bits per heavy atom. The minimum absolute atomic E-state index is 0. The molecule has 114 valence electrons. The number of benzene rings is 1. The van der Waals surface area contributed by atoms with Crippen LogP contribution in [0.1, 0.15) is 0 Å². The fourth-order valence-electron chi connectivity index (χ4n) is 1.48. The van der Waals surface area contributed by atoms with E-state index >= 15 is 0 Å². The lowest BCUT2D eigenvalue weighted by molar-refractivity contribution is -0.125. The van der Waals surface area contributed by atoms with Crippen molar-refractivity contribution in [3.8, 4) is 11.5 Å². The number of halogens is 2. The molecule has 0 aliphatic carbocycles. The van der Waals surface area contributed by atoms with Crippen molar-refractivity contribution in [2.45, 2.75) is 6.10 Å². The van der Waals surface area contributed by atoms with Crippen molar-refractivity contribution in [2.75, 3.05) is 33.2 Å². The molecule has 8 heteroatoms. The first kappa shape index (κ1) is 18.8. The van der Waals surface area contributed by atoms with E-state index in [4.69, 9.17) is 31.5 Å². The Kier molecular flexibility index (Phi) is 8.33. The molecular formula is C12H18Cl2N2O4. The van der Waals surface area contributed by atoms with Crippen LogP contribution in [0, 0.1) is 0 Å². The zero-order valence-electron chi connectivity index (χ0n) is 11.4. The van der Waals surface area contributed by atoms with E-state index in [0.717, 1.165) is 0 Å². The lowest BCUT2D eigenvalue weighted by Gasteiger charge is -2.16. The van der Waals surface area contributed by atoms with Gasteiger partial charge in [-0.2, -0.15) is 0 Å².